The molecule has 3 heteroatoms. The Kier molecular flexibility index (Phi) is 2.85. The summed E-state index contributed by atoms with van der Waals surface area (Å²) in [5.74, 6) is 0.189. The highest BCUT2D eigenvalue weighted by Gasteiger charge is 2.28. The van der Waals surface area contributed by atoms with E-state index in [1.54, 1.807) is 0 Å². The summed E-state index contributed by atoms with van der Waals surface area (Å²) in [6.07, 6.45) is 4.71. The average molecular weight is 230 g/mol. The van der Waals surface area contributed by atoms with Gasteiger partial charge in [-0.3, -0.25) is 9.80 Å². The van der Waals surface area contributed by atoms with Crippen molar-refractivity contribution in [2.24, 2.45) is 0 Å². The van der Waals surface area contributed by atoms with Gasteiger partial charge < -0.3 is 0 Å². The number of benzene rings is 1. The van der Waals surface area contributed by atoms with Crippen LogP contribution in [0, 0.1) is 0 Å². The second-order valence-electron chi connectivity index (χ2n) is 4.85. The zero-order valence-corrected chi connectivity index (χ0v) is 10.1. The number of nitrogens with zero attached hydrogens (tertiary/aromatic N) is 2. The second-order valence-corrected chi connectivity index (χ2v) is 4.85. The van der Waals surface area contributed by atoms with Crippen LogP contribution in [0.25, 0.3) is 0 Å². The smallest absolute Gasteiger partial charge is 0.268 e. The molecule has 1 aromatic carbocycles. The lowest BCUT2D eigenvalue weighted by Crippen LogP contribution is -2.51. The molecule has 17 heavy (non-hydrogen) atoms. The topological polar surface area (TPSA) is 23.6 Å². The van der Waals surface area contributed by atoms with Gasteiger partial charge in [0.2, 0.25) is 0 Å². The van der Waals surface area contributed by atoms with Crippen molar-refractivity contribution in [1.29, 1.82) is 0 Å². The van der Waals surface area contributed by atoms with E-state index >= 15 is 0 Å². The molecule has 0 saturated carbocycles. The molecule has 2 aliphatic heterocycles. The standard InChI is InChI=1S/C14H18N2O/c17-14-13-7-3-2-6-12(13)8-11-16(14)15-9-4-1-5-10-15/h2-3,6-7H,1,4-5,8-11H2. The SMILES string of the molecule is O=C1c2ccccc2CCN1N1CCCCC1. The first-order chi connectivity index (χ1) is 8.36. The van der Waals surface area contributed by atoms with Gasteiger partial charge in [-0.05, 0) is 30.9 Å². The highest BCUT2D eigenvalue weighted by Crippen LogP contribution is 2.22. The van der Waals surface area contributed by atoms with Gasteiger partial charge in [0, 0.05) is 25.2 Å². The van der Waals surface area contributed by atoms with E-state index in [1.807, 2.05) is 23.2 Å². The van der Waals surface area contributed by atoms with Gasteiger partial charge >= 0.3 is 0 Å². The number of rotatable bonds is 1. The first kappa shape index (κ1) is 10.8. The maximum atomic E-state index is 12.4. The molecule has 1 aromatic rings. The molecule has 1 fully saturated rings. The number of fused-ring (bicyclic) bond motifs is 1. The van der Waals surface area contributed by atoms with Gasteiger partial charge in [-0.25, -0.2) is 5.01 Å². The molecule has 0 unspecified atom stereocenters. The Labute approximate surface area is 102 Å². The van der Waals surface area contributed by atoms with Gasteiger partial charge in [-0.1, -0.05) is 24.6 Å². The van der Waals surface area contributed by atoms with Crippen molar-refractivity contribution in [3.63, 3.8) is 0 Å². The van der Waals surface area contributed by atoms with E-state index in [9.17, 15) is 4.79 Å². The highest BCUT2D eigenvalue weighted by molar-refractivity contribution is 5.96. The molecule has 0 aliphatic carbocycles. The van der Waals surface area contributed by atoms with Crippen molar-refractivity contribution in [2.75, 3.05) is 19.6 Å². The second kappa shape index (κ2) is 4.49. The van der Waals surface area contributed by atoms with Crippen LogP contribution in [0.15, 0.2) is 24.3 Å². The Morgan fingerprint density at radius 3 is 2.53 bits per heavy atom. The van der Waals surface area contributed by atoms with E-state index in [4.69, 9.17) is 0 Å². The molecule has 0 N–H and O–H groups in total. The lowest BCUT2D eigenvalue weighted by atomic mass is 10.00. The monoisotopic (exact) mass is 230 g/mol. The van der Waals surface area contributed by atoms with Crippen LogP contribution < -0.4 is 0 Å². The third-order valence-electron chi connectivity index (χ3n) is 3.75. The van der Waals surface area contributed by atoms with Gasteiger partial charge in [-0.2, -0.15) is 0 Å². The number of carbonyl (C=O) groups is 1. The molecular formula is C14H18N2O. The van der Waals surface area contributed by atoms with E-state index in [2.05, 4.69) is 11.1 Å². The van der Waals surface area contributed by atoms with Gasteiger partial charge in [-0.15, -0.1) is 0 Å². The molecule has 90 valence electrons. The summed E-state index contributed by atoms with van der Waals surface area (Å²) < 4.78 is 0. The molecule has 0 aromatic heterocycles. The van der Waals surface area contributed by atoms with E-state index in [1.165, 1.54) is 24.8 Å². The van der Waals surface area contributed by atoms with Crippen LogP contribution in [-0.4, -0.2) is 35.6 Å². The number of hydrogen-bond donors (Lipinski definition) is 0. The summed E-state index contributed by atoms with van der Waals surface area (Å²) in [7, 11) is 0. The van der Waals surface area contributed by atoms with Crippen molar-refractivity contribution in [1.82, 2.24) is 10.0 Å². The highest BCUT2D eigenvalue weighted by atomic mass is 16.2. The van der Waals surface area contributed by atoms with Crippen LogP contribution in [-0.2, 0) is 6.42 Å². The van der Waals surface area contributed by atoms with Crippen molar-refractivity contribution in [2.45, 2.75) is 25.7 Å². The molecule has 3 rings (SSSR count). The molecule has 1 amide bonds. The molecule has 0 radical (unpaired) electrons. The average Bonchev–Trinajstić information content (AvgIpc) is 2.40. The van der Waals surface area contributed by atoms with Crippen molar-refractivity contribution < 1.29 is 4.79 Å². The maximum Gasteiger partial charge on any atom is 0.268 e. The Morgan fingerprint density at radius 2 is 1.71 bits per heavy atom. The predicted octanol–water partition coefficient (Wildman–Crippen LogP) is 2.09. The zero-order valence-electron chi connectivity index (χ0n) is 10.1. The third kappa shape index (κ3) is 1.95. The lowest BCUT2D eigenvalue weighted by molar-refractivity contribution is -0.0234. The van der Waals surface area contributed by atoms with Crippen molar-refractivity contribution in [3.8, 4) is 0 Å². The van der Waals surface area contributed by atoms with E-state index < -0.39 is 0 Å². The number of carbonyl (C=O) groups excluding carboxylic acids is 1. The lowest BCUT2D eigenvalue weighted by Gasteiger charge is -2.39. The molecule has 2 heterocycles. The van der Waals surface area contributed by atoms with E-state index in [0.717, 1.165) is 31.6 Å². The van der Waals surface area contributed by atoms with Crippen molar-refractivity contribution in [3.05, 3.63) is 35.4 Å². The number of amides is 1. The number of hydrogen-bond acceptors (Lipinski definition) is 2. The largest absolute Gasteiger partial charge is 0.271 e. The Hall–Kier alpha value is -1.35. The maximum absolute atomic E-state index is 12.4. The van der Waals surface area contributed by atoms with E-state index in [-0.39, 0.29) is 5.91 Å². The first-order valence-corrected chi connectivity index (χ1v) is 6.51. The number of hydrazine groups is 1. The van der Waals surface area contributed by atoms with Crippen LogP contribution in [0.3, 0.4) is 0 Å². The van der Waals surface area contributed by atoms with Gasteiger partial charge in [0.05, 0.1) is 0 Å². The molecule has 2 aliphatic rings. The minimum absolute atomic E-state index is 0.189. The fourth-order valence-corrected chi connectivity index (χ4v) is 2.80. The molecule has 0 spiro atoms. The summed E-state index contributed by atoms with van der Waals surface area (Å²) in [6, 6.07) is 7.99. The zero-order chi connectivity index (χ0) is 11.7. The van der Waals surface area contributed by atoms with Gasteiger partial charge in [0.1, 0.15) is 0 Å². The molecule has 0 atom stereocenters. The van der Waals surface area contributed by atoms with Crippen LogP contribution in [0.5, 0.6) is 0 Å². The fourth-order valence-electron chi connectivity index (χ4n) is 2.80. The predicted molar refractivity (Wildman–Crippen MR) is 66.6 cm³/mol. The van der Waals surface area contributed by atoms with Crippen LogP contribution in [0.1, 0.15) is 35.2 Å². The summed E-state index contributed by atoms with van der Waals surface area (Å²) in [5, 5.41) is 4.20. The fraction of sp³-hybridized carbons (Fsp3) is 0.500. The third-order valence-corrected chi connectivity index (χ3v) is 3.75. The molecule has 1 saturated heterocycles. The Bertz CT molecular complexity index is 424. The van der Waals surface area contributed by atoms with E-state index in [0.29, 0.717) is 0 Å². The van der Waals surface area contributed by atoms with Gasteiger partial charge in [0.25, 0.3) is 5.91 Å². The van der Waals surface area contributed by atoms with Gasteiger partial charge in [0.15, 0.2) is 0 Å². The van der Waals surface area contributed by atoms with Crippen LogP contribution >= 0.6 is 0 Å². The van der Waals surface area contributed by atoms with Crippen LogP contribution in [0.2, 0.25) is 0 Å². The minimum Gasteiger partial charge on any atom is -0.271 e. The Morgan fingerprint density at radius 1 is 0.941 bits per heavy atom. The minimum atomic E-state index is 0.189. The summed E-state index contributed by atoms with van der Waals surface area (Å²) >= 11 is 0. The Balaban J connectivity index is 1.83. The van der Waals surface area contributed by atoms with Crippen molar-refractivity contribution >= 4 is 5.91 Å². The van der Waals surface area contributed by atoms with Crippen LogP contribution in [0.4, 0.5) is 0 Å². The number of piperidine rings is 1. The molecule has 3 nitrogen and oxygen atoms in total. The summed E-state index contributed by atoms with van der Waals surface area (Å²) in [6.45, 7) is 2.91. The normalized spacial score (nSPS) is 21.4. The molecule has 0 bridgehead atoms. The first-order valence-electron chi connectivity index (χ1n) is 6.51. The summed E-state index contributed by atoms with van der Waals surface area (Å²) in [4.78, 5) is 12.4. The molecular weight excluding hydrogens is 212 g/mol. The summed E-state index contributed by atoms with van der Waals surface area (Å²) in [5.41, 5.74) is 2.09. The quantitative estimate of drug-likeness (QED) is 0.737.